The molecule has 124 valence electrons. The Morgan fingerprint density at radius 3 is 2.83 bits per heavy atom. The first-order valence-electron chi connectivity index (χ1n) is 8.17. The standard InChI is InChI=1S/C18H21F2NO2/c19-14-5-6-16(20)17(11-14)23-8-2-1-7-21-18(22)15-10-12-3-4-13(15)9-12/h3-6,11-13,15H,1-2,7-10H2,(H,21,22). The van der Waals surface area contributed by atoms with Gasteiger partial charge in [0.2, 0.25) is 5.91 Å². The van der Waals surface area contributed by atoms with Crippen LogP contribution >= 0.6 is 0 Å². The lowest BCUT2D eigenvalue weighted by Gasteiger charge is -2.17. The van der Waals surface area contributed by atoms with Gasteiger partial charge in [-0.2, -0.15) is 0 Å². The van der Waals surface area contributed by atoms with Crippen LogP contribution in [0, 0.1) is 29.4 Å². The van der Waals surface area contributed by atoms with Gasteiger partial charge in [-0.1, -0.05) is 12.2 Å². The van der Waals surface area contributed by atoms with Gasteiger partial charge in [0.05, 0.1) is 6.61 Å². The smallest absolute Gasteiger partial charge is 0.223 e. The minimum atomic E-state index is -0.566. The van der Waals surface area contributed by atoms with Crippen LogP contribution in [0.4, 0.5) is 8.78 Å². The quantitative estimate of drug-likeness (QED) is 0.617. The van der Waals surface area contributed by atoms with Gasteiger partial charge in [-0.15, -0.1) is 0 Å². The highest BCUT2D eigenvalue weighted by Crippen LogP contribution is 2.43. The van der Waals surface area contributed by atoms with E-state index in [0.29, 0.717) is 31.4 Å². The number of carbonyl (C=O) groups excluding carboxylic acids is 1. The Morgan fingerprint density at radius 2 is 2.09 bits per heavy atom. The number of fused-ring (bicyclic) bond motifs is 2. The highest BCUT2D eigenvalue weighted by Gasteiger charge is 2.39. The van der Waals surface area contributed by atoms with Gasteiger partial charge in [-0.25, -0.2) is 8.78 Å². The summed E-state index contributed by atoms with van der Waals surface area (Å²) >= 11 is 0. The summed E-state index contributed by atoms with van der Waals surface area (Å²) in [6.45, 7) is 0.887. The van der Waals surface area contributed by atoms with E-state index in [1.807, 2.05) is 0 Å². The maximum Gasteiger partial charge on any atom is 0.223 e. The van der Waals surface area contributed by atoms with Gasteiger partial charge in [0.1, 0.15) is 5.82 Å². The van der Waals surface area contributed by atoms with E-state index < -0.39 is 11.6 Å². The SMILES string of the molecule is O=C(NCCCCOc1cc(F)ccc1F)C1CC2C=CC1C2. The van der Waals surface area contributed by atoms with Crippen LogP contribution in [0.2, 0.25) is 0 Å². The Labute approximate surface area is 134 Å². The first-order valence-corrected chi connectivity index (χ1v) is 8.17. The third-order valence-corrected chi connectivity index (χ3v) is 4.64. The fourth-order valence-corrected chi connectivity index (χ4v) is 3.42. The lowest BCUT2D eigenvalue weighted by atomic mass is 9.93. The summed E-state index contributed by atoms with van der Waals surface area (Å²) in [5, 5.41) is 2.97. The minimum absolute atomic E-state index is 0.0668. The van der Waals surface area contributed by atoms with Crippen molar-refractivity contribution in [3.05, 3.63) is 42.0 Å². The number of carbonyl (C=O) groups is 1. The van der Waals surface area contributed by atoms with Crippen LogP contribution in [0.3, 0.4) is 0 Å². The number of hydrogen-bond donors (Lipinski definition) is 1. The predicted octanol–water partition coefficient (Wildman–Crippen LogP) is 3.45. The molecule has 1 aromatic rings. The molecule has 0 spiro atoms. The van der Waals surface area contributed by atoms with E-state index in [9.17, 15) is 13.6 Å². The van der Waals surface area contributed by atoms with E-state index >= 15 is 0 Å². The summed E-state index contributed by atoms with van der Waals surface area (Å²) in [6, 6.07) is 3.15. The molecule has 23 heavy (non-hydrogen) atoms. The first-order chi connectivity index (χ1) is 11.1. The topological polar surface area (TPSA) is 38.3 Å². The van der Waals surface area contributed by atoms with Crippen molar-refractivity contribution in [2.24, 2.45) is 17.8 Å². The number of ether oxygens (including phenoxy) is 1. The second kappa shape index (κ2) is 7.11. The van der Waals surface area contributed by atoms with Crippen molar-refractivity contribution in [3.63, 3.8) is 0 Å². The zero-order valence-corrected chi connectivity index (χ0v) is 12.9. The van der Waals surface area contributed by atoms with Crippen LogP contribution in [-0.2, 0) is 4.79 Å². The van der Waals surface area contributed by atoms with E-state index in [-0.39, 0.29) is 17.6 Å². The summed E-state index contributed by atoms with van der Waals surface area (Å²) in [4.78, 5) is 12.1. The number of rotatable bonds is 7. The summed E-state index contributed by atoms with van der Waals surface area (Å²) in [5.41, 5.74) is 0. The molecule has 0 saturated heterocycles. The molecule has 1 amide bonds. The highest BCUT2D eigenvalue weighted by atomic mass is 19.1. The lowest BCUT2D eigenvalue weighted by molar-refractivity contribution is -0.125. The molecule has 0 heterocycles. The van der Waals surface area contributed by atoms with Gasteiger partial charge >= 0.3 is 0 Å². The van der Waals surface area contributed by atoms with Crippen molar-refractivity contribution in [1.82, 2.24) is 5.32 Å². The molecule has 1 N–H and O–H groups in total. The third-order valence-electron chi connectivity index (χ3n) is 4.64. The summed E-state index contributed by atoms with van der Waals surface area (Å²) in [5.74, 6) is 0.117. The number of unbranched alkanes of at least 4 members (excludes halogenated alkanes) is 1. The van der Waals surface area contributed by atoms with E-state index in [4.69, 9.17) is 4.74 Å². The van der Waals surface area contributed by atoms with Crippen molar-refractivity contribution in [2.45, 2.75) is 25.7 Å². The molecule has 2 bridgehead atoms. The normalized spacial score (nSPS) is 24.9. The number of halogens is 2. The fourth-order valence-electron chi connectivity index (χ4n) is 3.42. The molecule has 0 aliphatic heterocycles. The van der Waals surface area contributed by atoms with Gasteiger partial charge in [0.15, 0.2) is 11.6 Å². The molecule has 0 radical (unpaired) electrons. The minimum Gasteiger partial charge on any atom is -0.490 e. The molecule has 0 aromatic heterocycles. The van der Waals surface area contributed by atoms with Crippen molar-refractivity contribution < 1.29 is 18.3 Å². The molecule has 3 atom stereocenters. The zero-order chi connectivity index (χ0) is 16.2. The fraction of sp³-hybridized carbons (Fsp3) is 0.500. The number of benzene rings is 1. The van der Waals surface area contributed by atoms with E-state index in [1.54, 1.807) is 0 Å². The molecule has 1 aromatic carbocycles. The van der Waals surface area contributed by atoms with Crippen LogP contribution in [0.5, 0.6) is 5.75 Å². The van der Waals surface area contributed by atoms with Crippen LogP contribution in [0.1, 0.15) is 25.7 Å². The maximum atomic E-state index is 13.3. The van der Waals surface area contributed by atoms with Gasteiger partial charge in [0, 0.05) is 18.5 Å². The van der Waals surface area contributed by atoms with E-state index in [1.165, 1.54) is 0 Å². The second-order valence-electron chi connectivity index (χ2n) is 6.31. The molecule has 2 aliphatic carbocycles. The average Bonchev–Trinajstić information content (AvgIpc) is 3.16. The lowest BCUT2D eigenvalue weighted by Crippen LogP contribution is -2.33. The molecule has 2 aliphatic rings. The molecule has 5 heteroatoms. The van der Waals surface area contributed by atoms with Crippen LogP contribution in [0.25, 0.3) is 0 Å². The summed E-state index contributed by atoms with van der Waals surface area (Å²) in [7, 11) is 0. The number of allylic oxidation sites excluding steroid dienone is 2. The van der Waals surface area contributed by atoms with Crippen LogP contribution < -0.4 is 10.1 Å². The monoisotopic (exact) mass is 321 g/mol. The van der Waals surface area contributed by atoms with Gasteiger partial charge in [-0.05, 0) is 49.7 Å². The van der Waals surface area contributed by atoms with Gasteiger partial charge < -0.3 is 10.1 Å². The maximum absolute atomic E-state index is 13.3. The predicted molar refractivity (Wildman–Crippen MR) is 82.9 cm³/mol. The van der Waals surface area contributed by atoms with Crippen molar-refractivity contribution in [2.75, 3.05) is 13.2 Å². The molecular weight excluding hydrogens is 300 g/mol. The number of amides is 1. The zero-order valence-electron chi connectivity index (χ0n) is 12.9. The molecule has 3 nitrogen and oxygen atoms in total. The average molecular weight is 321 g/mol. The van der Waals surface area contributed by atoms with Crippen molar-refractivity contribution >= 4 is 5.91 Å². The van der Waals surface area contributed by atoms with Gasteiger partial charge in [0.25, 0.3) is 0 Å². The third kappa shape index (κ3) is 3.89. The van der Waals surface area contributed by atoms with Crippen molar-refractivity contribution in [1.29, 1.82) is 0 Å². The summed E-state index contributed by atoms with van der Waals surface area (Å²) < 4.78 is 31.5. The molecular formula is C18H21F2NO2. The second-order valence-corrected chi connectivity index (χ2v) is 6.31. The Kier molecular flexibility index (Phi) is 4.94. The molecule has 3 rings (SSSR count). The molecule has 1 fully saturated rings. The van der Waals surface area contributed by atoms with Crippen molar-refractivity contribution in [3.8, 4) is 5.75 Å². The highest BCUT2D eigenvalue weighted by molar-refractivity contribution is 5.79. The Morgan fingerprint density at radius 1 is 1.22 bits per heavy atom. The van der Waals surface area contributed by atoms with E-state index in [0.717, 1.165) is 37.5 Å². The number of hydrogen-bond acceptors (Lipinski definition) is 2. The Balaban J connectivity index is 1.31. The Bertz CT molecular complexity index is 603. The summed E-state index contributed by atoms with van der Waals surface area (Å²) in [6.07, 6.45) is 7.89. The van der Waals surface area contributed by atoms with Crippen LogP contribution in [-0.4, -0.2) is 19.1 Å². The molecule has 1 saturated carbocycles. The van der Waals surface area contributed by atoms with Crippen LogP contribution in [0.15, 0.2) is 30.4 Å². The first kappa shape index (κ1) is 16.0. The molecule has 3 unspecified atom stereocenters. The largest absolute Gasteiger partial charge is 0.490 e. The van der Waals surface area contributed by atoms with E-state index in [2.05, 4.69) is 17.5 Å². The Hall–Kier alpha value is -1.91. The van der Waals surface area contributed by atoms with Gasteiger partial charge in [-0.3, -0.25) is 4.79 Å². The number of nitrogens with one attached hydrogen (secondary N) is 1.